The van der Waals surface area contributed by atoms with Crippen LogP contribution in [0.2, 0.25) is 0 Å². The van der Waals surface area contributed by atoms with E-state index in [9.17, 15) is 9.59 Å². The van der Waals surface area contributed by atoms with E-state index in [0.29, 0.717) is 5.75 Å². The molecule has 0 aliphatic heterocycles. The lowest BCUT2D eigenvalue weighted by Gasteiger charge is -2.09. The lowest BCUT2D eigenvalue weighted by atomic mass is 10.2. The second-order valence-corrected chi connectivity index (χ2v) is 3.13. The SMILES string of the molecule is CNC(=O)COc1cc(OC)ccc1C(=O)O. The van der Waals surface area contributed by atoms with Gasteiger partial charge >= 0.3 is 5.97 Å². The number of carbonyl (C=O) groups is 2. The first-order valence-electron chi connectivity index (χ1n) is 4.83. The summed E-state index contributed by atoms with van der Waals surface area (Å²) >= 11 is 0. The molecule has 0 heterocycles. The first-order valence-corrected chi connectivity index (χ1v) is 4.83. The molecule has 0 unspecified atom stereocenters. The van der Waals surface area contributed by atoms with Gasteiger partial charge in [0.05, 0.1) is 7.11 Å². The quantitative estimate of drug-likeness (QED) is 0.782. The van der Waals surface area contributed by atoms with Crippen LogP contribution in [-0.4, -0.2) is 37.7 Å². The van der Waals surface area contributed by atoms with Gasteiger partial charge in [-0.2, -0.15) is 0 Å². The molecule has 1 aromatic rings. The maximum absolute atomic E-state index is 11.0. The minimum absolute atomic E-state index is 0.0188. The molecule has 1 aromatic carbocycles. The minimum Gasteiger partial charge on any atom is -0.497 e. The van der Waals surface area contributed by atoms with Crippen molar-refractivity contribution >= 4 is 11.9 Å². The maximum Gasteiger partial charge on any atom is 0.339 e. The molecule has 0 atom stereocenters. The van der Waals surface area contributed by atoms with E-state index >= 15 is 0 Å². The van der Waals surface area contributed by atoms with Crippen LogP contribution in [0.5, 0.6) is 11.5 Å². The number of methoxy groups -OCH3 is 1. The van der Waals surface area contributed by atoms with E-state index in [1.807, 2.05) is 0 Å². The van der Waals surface area contributed by atoms with Crippen LogP contribution in [0.15, 0.2) is 18.2 Å². The average Bonchev–Trinajstić information content (AvgIpc) is 2.35. The Kier molecular flexibility index (Phi) is 4.33. The minimum atomic E-state index is -1.13. The molecule has 0 aliphatic carbocycles. The van der Waals surface area contributed by atoms with Crippen LogP contribution < -0.4 is 14.8 Å². The molecule has 0 saturated carbocycles. The van der Waals surface area contributed by atoms with Crippen molar-refractivity contribution in [1.29, 1.82) is 0 Å². The highest BCUT2D eigenvalue weighted by atomic mass is 16.5. The third kappa shape index (κ3) is 3.37. The summed E-state index contributed by atoms with van der Waals surface area (Å²) < 4.78 is 10.1. The summed E-state index contributed by atoms with van der Waals surface area (Å²) in [5, 5.41) is 11.3. The van der Waals surface area contributed by atoms with Crippen molar-refractivity contribution in [3.05, 3.63) is 23.8 Å². The number of hydrogen-bond acceptors (Lipinski definition) is 4. The lowest BCUT2D eigenvalue weighted by molar-refractivity contribution is -0.122. The fourth-order valence-electron chi connectivity index (χ4n) is 1.14. The lowest BCUT2D eigenvalue weighted by Crippen LogP contribution is -2.25. The van der Waals surface area contributed by atoms with Crippen molar-refractivity contribution in [2.45, 2.75) is 0 Å². The molecular formula is C11H13NO5. The number of hydrogen-bond donors (Lipinski definition) is 2. The van der Waals surface area contributed by atoms with E-state index in [1.54, 1.807) is 0 Å². The van der Waals surface area contributed by atoms with Gasteiger partial charge in [0.15, 0.2) is 6.61 Å². The first kappa shape index (κ1) is 12.8. The largest absolute Gasteiger partial charge is 0.497 e. The Hall–Kier alpha value is -2.24. The summed E-state index contributed by atoms with van der Waals surface area (Å²) in [6.45, 7) is -0.246. The van der Waals surface area contributed by atoms with Crippen molar-refractivity contribution in [2.24, 2.45) is 0 Å². The number of ether oxygens (including phenoxy) is 2. The van der Waals surface area contributed by atoms with Crippen LogP contribution in [-0.2, 0) is 4.79 Å². The van der Waals surface area contributed by atoms with Crippen molar-refractivity contribution in [3.8, 4) is 11.5 Å². The van der Waals surface area contributed by atoms with E-state index in [1.165, 1.54) is 32.4 Å². The molecule has 6 heteroatoms. The number of rotatable bonds is 5. The summed E-state index contributed by atoms with van der Waals surface area (Å²) in [7, 11) is 2.92. The summed E-state index contributed by atoms with van der Waals surface area (Å²) in [5.74, 6) is -0.911. The van der Waals surface area contributed by atoms with Gasteiger partial charge in [0, 0.05) is 13.1 Å². The molecule has 92 valence electrons. The number of nitrogens with one attached hydrogen (secondary N) is 1. The Morgan fingerprint density at radius 3 is 2.65 bits per heavy atom. The van der Waals surface area contributed by atoms with E-state index < -0.39 is 5.97 Å². The zero-order valence-electron chi connectivity index (χ0n) is 9.52. The molecule has 0 aromatic heterocycles. The predicted octanol–water partition coefficient (Wildman–Crippen LogP) is 0.518. The fraction of sp³-hybridized carbons (Fsp3) is 0.273. The smallest absolute Gasteiger partial charge is 0.339 e. The molecule has 1 rings (SSSR count). The summed E-state index contributed by atoms with van der Waals surface area (Å²) in [6.07, 6.45) is 0. The highest BCUT2D eigenvalue weighted by Gasteiger charge is 2.13. The van der Waals surface area contributed by atoms with E-state index in [0.717, 1.165) is 0 Å². The topological polar surface area (TPSA) is 84.9 Å². The number of carbonyl (C=O) groups excluding carboxylic acids is 1. The zero-order chi connectivity index (χ0) is 12.8. The predicted molar refractivity (Wildman–Crippen MR) is 59.5 cm³/mol. The molecule has 17 heavy (non-hydrogen) atoms. The third-order valence-electron chi connectivity index (χ3n) is 2.06. The molecule has 0 aliphatic rings. The molecule has 2 N–H and O–H groups in total. The number of carboxylic acid groups (broad SMARTS) is 1. The Labute approximate surface area is 98.2 Å². The third-order valence-corrected chi connectivity index (χ3v) is 2.06. The number of carboxylic acids is 1. The fourth-order valence-corrected chi connectivity index (χ4v) is 1.14. The highest BCUT2D eigenvalue weighted by Crippen LogP contribution is 2.24. The van der Waals surface area contributed by atoms with Crippen LogP contribution in [0.3, 0.4) is 0 Å². The summed E-state index contributed by atoms with van der Waals surface area (Å²) in [6, 6.07) is 4.29. The van der Waals surface area contributed by atoms with Gasteiger partial charge in [-0.1, -0.05) is 0 Å². The van der Waals surface area contributed by atoms with Gasteiger partial charge in [-0.25, -0.2) is 4.79 Å². The zero-order valence-corrected chi connectivity index (χ0v) is 9.52. The van der Waals surface area contributed by atoms with Gasteiger partial charge in [-0.3, -0.25) is 4.79 Å². The van der Waals surface area contributed by atoms with Crippen LogP contribution in [0.4, 0.5) is 0 Å². The normalized spacial score (nSPS) is 9.53. The van der Waals surface area contributed by atoms with Gasteiger partial charge in [-0.15, -0.1) is 0 Å². The molecule has 0 radical (unpaired) electrons. The number of aromatic carboxylic acids is 1. The van der Waals surface area contributed by atoms with Crippen LogP contribution in [0.1, 0.15) is 10.4 Å². The van der Waals surface area contributed by atoms with Gasteiger partial charge < -0.3 is 19.9 Å². The van der Waals surface area contributed by atoms with Crippen LogP contribution in [0, 0.1) is 0 Å². The van der Waals surface area contributed by atoms with Gasteiger partial charge in [0.2, 0.25) is 0 Å². The Morgan fingerprint density at radius 1 is 1.41 bits per heavy atom. The van der Waals surface area contributed by atoms with E-state index in [2.05, 4.69) is 5.32 Å². The van der Waals surface area contributed by atoms with Crippen molar-refractivity contribution in [1.82, 2.24) is 5.32 Å². The molecular weight excluding hydrogens is 226 g/mol. The molecule has 0 spiro atoms. The highest BCUT2D eigenvalue weighted by molar-refractivity contribution is 5.91. The van der Waals surface area contributed by atoms with Gasteiger partial charge in [0.1, 0.15) is 17.1 Å². The van der Waals surface area contributed by atoms with Gasteiger partial charge in [0.25, 0.3) is 5.91 Å². The maximum atomic E-state index is 11.0. The number of benzene rings is 1. The Bertz CT molecular complexity index is 430. The Balaban J connectivity index is 2.93. The second-order valence-electron chi connectivity index (χ2n) is 3.13. The standard InChI is InChI=1S/C11H13NO5/c1-12-10(13)6-17-9-5-7(16-2)3-4-8(9)11(14)15/h3-5H,6H2,1-2H3,(H,12,13)(H,14,15). The first-order chi connectivity index (χ1) is 8.08. The summed E-state index contributed by atoms with van der Waals surface area (Å²) in [4.78, 5) is 21.9. The number of likely N-dealkylation sites (N-methyl/N-ethyl adjacent to an activating group) is 1. The molecule has 0 saturated heterocycles. The van der Waals surface area contributed by atoms with E-state index in [4.69, 9.17) is 14.6 Å². The number of amides is 1. The molecule has 0 fully saturated rings. The summed E-state index contributed by atoms with van der Waals surface area (Å²) in [5.41, 5.74) is -0.0188. The average molecular weight is 239 g/mol. The molecule has 1 amide bonds. The van der Waals surface area contributed by atoms with Crippen molar-refractivity contribution in [3.63, 3.8) is 0 Å². The van der Waals surface area contributed by atoms with Crippen LogP contribution >= 0.6 is 0 Å². The monoisotopic (exact) mass is 239 g/mol. The molecule has 0 bridgehead atoms. The second kappa shape index (κ2) is 5.74. The van der Waals surface area contributed by atoms with E-state index in [-0.39, 0.29) is 23.8 Å². The van der Waals surface area contributed by atoms with Gasteiger partial charge in [-0.05, 0) is 12.1 Å². The van der Waals surface area contributed by atoms with Crippen LogP contribution in [0.25, 0.3) is 0 Å². The Morgan fingerprint density at radius 2 is 2.12 bits per heavy atom. The van der Waals surface area contributed by atoms with Crippen molar-refractivity contribution < 1.29 is 24.2 Å². The molecule has 6 nitrogen and oxygen atoms in total. The van der Waals surface area contributed by atoms with Crippen molar-refractivity contribution in [2.75, 3.05) is 20.8 Å².